The molecule has 0 atom stereocenters. The normalized spacial score (nSPS) is 13.9. The molecule has 184 valence electrons. The number of hydrogen-bond donors (Lipinski definition) is 1. The molecule has 37 heavy (non-hydrogen) atoms. The number of aromatic nitrogens is 1. The van der Waals surface area contributed by atoms with Crippen molar-refractivity contribution in [2.24, 2.45) is 0 Å². The Hall–Kier alpha value is -4.16. The molecule has 2 heterocycles. The Morgan fingerprint density at radius 3 is 2.54 bits per heavy atom. The van der Waals surface area contributed by atoms with E-state index in [1.807, 2.05) is 65.6 Å². The standard InChI is InChI=1S/C31H27N3O2S/c1-21-10-11-22(2)25(17-21)20-34-27-8-3-4-9-28(27)37-29(31(34)36)18-23-12-14-24(15-13-23)30(35)33-19-26-7-5-6-16-32-26/h3-18H,19-20H2,1-2H3,(H,33,35). The fraction of sp³-hybridized carbons (Fsp3) is 0.129. The number of para-hydroxylation sites is 1. The van der Waals surface area contributed by atoms with Crippen molar-refractivity contribution in [2.45, 2.75) is 31.8 Å². The van der Waals surface area contributed by atoms with Crippen LogP contribution in [-0.2, 0) is 17.9 Å². The molecule has 0 saturated heterocycles. The molecule has 1 aliphatic heterocycles. The number of amides is 2. The first kappa shape index (κ1) is 24.5. The molecule has 0 bridgehead atoms. The largest absolute Gasteiger partial charge is 0.346 e. The second kappa shape index (κ2) is 10.8. The van der Waals surface area contributed by atoms with Gasteiger partial charge in [-0.15, -0.1) is 0 Å². The summed E-state index contributed by atoms with van der Waals surface area (Å²) in [6.07, 6.45) is 3.60. The number of rotatable bonds is 6. The summed E-state index contributed by atoms with van der Waals surface area (Å²) in [5, 5.41) is 2.89. The molecule has 0 radical (unpaired) electrons. The molecule has 0 spiro atoms. The maximum Gasteiger partial charge on any atom is 0.265 e. The van der Waals surface area contributed by atoms with E-state index < -0.39 is 0 Å². The SMILES string of the molecule is Cc1ccc(C)c(CN2C(=O)C(=Cc3ccc(C(=O)NCc4ccccn4)cc3)Sc3ccccc32)c1. The van der Waals surface area contributed by atoms with Crippen molar-refractivity contribution in [1.29, 1.82) is 0 Å². The summed E-state index contributed by atoms with van der Waals surface area (Å²) in [7, 11) is 0. The van der Waals surface area contributed by atoms with Gasteiger partial charge in [0.1, 0.15) is 0 Å². The third kappa shape index (κ3) is 5.65. The fourth-order valence-corrected chi connectivity index (χ4v) is 5.28. The lowest BCUT2D eigenvalue weighted by atomic mass is 10.0. The van der Waals surface area contributed by atoms with Crippen molar-refractivity contribution in [3.05, 3.63) is 130 Å². The lowest BCUT2D eigenvalue weighted by Crippen LogP contribution is -2.34. The number of carbonyl (C=O) groups is 2. The van der Waals surface area contributed by atoms with Gasteiger partial charge in [-0.3, -0.25) is 14.6 Å². The Morgan fingerprint density at radius 1 is 0.973 bits per heavy atom. The van der Waals surface area contributed by atoms with Crippen LogP contribution in [0.5, 0.6) is 0 Å². The van der Waals surface area contributed by atoms with Crippen LogP contribution >= 0.6 is 11.8 Å². The molecule has 1 aliphatic rings. The molecule has 2 amide bonds. The number of aryl methyl sites for hydroxylation is 2. The topological polar surface area (TPSA) is 62.3 Å². The Balaban J connectivity index is 1.36. The van der Waals surface area contributed by atoms with Gasteiger partial charge in [-0.2, -0.15) is 0 Å². The first-order valence-electron chi connectivity index (χ1n) is 12.1. The Kier molecular flexibility index (Phi) is 7.19. The molecular formula is C31H27N3O2S. The van der Waals surface area contributed by atoms with Crippen LogP contribution in [0, 0.1) is 13.8 Å². The van der Waals surface area contributed by atoms with E-state index in [0.29, 0.717) is 23.6 Å². The maximum absolute atomic E-state index is 13.7. The average molecular weight is 506 g/mol. The van der Waals surface area contributed by atoms with Gasteiger partial charge < -0.3 is 10.2 Å². The molecule has 0 unspecified atom stereocenters. The minimum Gasteiger partial charge on any atom is -0.346 e. The van der Waals surface area contributed by atoms with Crippen molar-refractivity contribution in [3.8, 4) is 0 Å². The number of thioether (sulfide) groups is 1. The number of fused-ring (bicyclic) bond motifs is 1. The molecule has 1 aromatic heterocycles. The van der Waals surface area contributed by atoms with Crippen LogP contribution in [0.15, 0.2) is 101 Å². The van der Waals surface area contributed by atoms with Crippen molar-refractivity contribution >= 4 is 35.3 Å². The quantitative estimate of drug-likeness (QED) is 0.312. The van der Waals surface area contributed by atoms with E-state index >= 15 is 0 Å². The van der Waals surface area contributed by atoms with E-state index in [4.69, 9.17) is 0 Å². The van der Waals surface area contributed by atoms with Gasteiger partial charge in [0, 0.05) is 16.7 Å². The molecule has 0 aliphatic carbocycles. The molecule has 4 aromatic rings. The molecule has 6 heteroatoms. The van der Waals surface area contributed by atoms with Crippen molar-refractivity contribution < 1.29 is 9.59 Å². The van der Waals surface area contributed by atoms with E-state index in [1.165, 1.54) is 17.3 Å². The summed E-state index contributed by atoms with van der Waals surface area (Å²) >= 11 is 1.48. The predicted molar refractivity (Wildman–Crippen MR) is 149 cm³/mol. The highest BCUT2D eigenvalue weighted by molar-refractivity contribution is 8.04. The Bertz CT molecular complexity index is 1480. The average Bonchev–Trinajstić information content (AvgIpc) is 2.92. The first-order chi connectivity index (χ1) is 18.0. The smallest absolute Gasteiger partial charge is 0.265 e. The van der Waals surface area contributed by atoms with Gasteiger partial charge in [0.25, 0.3) is 11.8 Å². The lowest BCUT2D eigenvalue weighted by molar-refractivity contribution is -0.114. The van der Waals surface area contributed by atoms with Crippen LogP contribution in [0.1, 0.15) is 38.3 Å². The highest BCUT2D eigenvalue weighted by Gasteiger charge is 2.29. The van der Waals surface area contributed by atoms with E-state index in [2.05, 4.69) is 42.3 Å². The monoisotopic (exact) mass is 505 g/mol. The van der Waals surface area contributed by atoms with Crippen LogP contribution < -0.4 is 10.2 Å². The van der Waals surface area contributed by atoms with Gasteiger partial charge in [0.05, 0.1) is 29.4 Å². The Labute approximate surface area is 221 Å². The van der Waals surface area contributed by atoms with Crippen LogP contribution in [0.4, 0.5) is 5.69 Å². The third-order valence-electron chi connectivity index (χ3n) is 6.29. The second-order valence-corrected chi connectivity index (χ2v) is 10.1. The minimum atomic E-state index is -0.165. The summed E-state index contributed by atoms with van der Waals surface area (Å²) < 4.78 is 0. The summed E-state index contributed by atoms with van der Waals surface area (Å²) in [4.78, 5) is 34.0. The van der Waals surface area contributed by atoms with Gasteiger partial charge >= 0.3 is 0 Å². The summed E-state index contributed by atoms with van der Waals surface area (Å²) in [5.41, 5.74) is 6.62. The highest BCUT2D eigenvalue weighted by Crippen LogP contribution is 2.42. The van der Waals surface area contributed by atoms with Crippen molar-refractivity contribution in [3.63, 3.8) is 0 Å². The summed E-state index contributed by atoms with van der Waals surface area (Å²) in [6.45, 7) is 5.02. The Morgan fingerprint density at radius 2 is 1.76 bits per heavy atom. The van der Waals surface area contributed by atoms with Crippen molar-refractivity contribution in [1.82, 2.24) is 10.3 Å². The second-order valence-electron chi connectivity index (χ2n) is 9.03. The van der Waals surface area contributed by atoms with Gasteiger partial charge in [-0.25, -0.2) is 0 Å². The van der Waals surface area contributed by atoms with Gasteiger partial charge in [0.2, 0.25) is 0 Å². The zero-order valence-corrected chi connectivity index (χ0v) is 21.6. The third-order valence-corrected chi connectivity index (χ3v) is 7.37. The molecule has 1 N–H and O–H groups in total. The van der Waals surface area contributed by atoms with Gasteiger partial charge in [-0.1, -0.05) is 65.9 Å². The van der Waals surface area contributed by atoms with Gasteiger partial charge in [-0.05, 0) is 73.0 Å². The van der Waals surface area contributed by atoms with E-state index in [1.54, 1.807) is 18.3 Å². The van der Waals surface area contributed by atoms with Crippen molar-refractivity contribution in [2.75, 3.05) is 4.90 Å². The van der Waals surface area contributed by atoms with Crippen LogP contribution in [0.2, 0.25) is 0 Å². The molecular weight excluding hydrogens is 478 g/mol. The van der Waals surface area contributed by atoms with Crippen LogP contribution in [-0.4, -0.2) is 16.8 Å². The number of carbonyl (C=O) groups excluding carboxylic acids is 2. The van der Waals surface area contributed by atoms with Crippen LogP contribution in [0.3, 0.4) is 0 Å². The zero-order valence-electron chi connectivity index (χ0n) is 20.8. The zero-order chi connectivity index (χ0) is 25.8. The van der Waals surface area contributed by atoms with E-state index in [9.17, 15) is 9.59 Å². The first-order valence-corrected chi connectivity index (χ1v) is 12.9. The summed E-state index contributed by atoms with van der Waals surface area (Å²) in [5.74, 6) is -0.191. The predicted octanol–water partition coefficient (Wildman–Crippen LogP) is 6.31. The molecule has 5 nitrogen and oxygen atoms in total. The fourth-order valence-electron chi connectivity index (χ4n) is 4.22. The number of benzene rings is 3. The molecule has 3 aromatic carbocycles. The number of anilines is 1. The van der Waals surface area contributed by atoms with Crippen LogP contribution in [0.25, 0.3) is 6.08 Å². The molecule has 0 saturated carbocycles. The minimum absolute atomic E-state index is 0.0261. The number of nitrogens with one attached hydrogen (secondary N) is 1. The number of pyridine rings is 1. The lowest BCUT2D eigenvalue weighted by Gasteiger charge is -2.31. The number of nitrogens with zero attached hydrogens (tertiary/aromatic N) is 2. The summed E-state index contributed by atoms with van der Waals surface area (Å²) in [6, 6.07) is 27.2. The van der Waals surface area contributed by atoms with E-state index in [-0.39, 0.29) is 11.8 Å². The molecule has 5 rings (SSSR count). The maximum atomic E-state index is 13.7. The highest BCUT2D eigenvalue weighted by atomic mass is 32.2. The molecule has 0 fully saturated rings. The number of hydrogen-bond acceptors (Lipinski definition) is 4. The van der Waals surface area contributed by atoms with E-state index in [0.717, 1.165) is 33.0 Å². The van der Waals surface area contributed by atoms with Gasteiger partial charge in [0.15, 0.2) is 0 Å².